The molecule has 46 heavy (non-hydrogen) atoms. The molecule has 2 fully saturated rings. The zero-order chi connectivity index (χ0) is 33.1. The molecule has 3 heterocycles. The first-order valence-corrected chi connectivity index (χ1v) is 16.5. The van der Waals surface area contributed by atoms with Crippen molar-refractivity contribution in [2.24, 2.45) is 5.41 Å². The molecule has 0 saturated carbocycles. The monoisotopic (exact) mass is 632 g/mol. The van der Waals surface area contributed by atoms with Gasteiger partial charge in [0.05, 0.1) is 30.6 Å². The summed E-state index contributed by atoms with van der Waals surface area (Å²) in [7, 11) is 0. The number of piperidine rings is 1. The molecule has 5 rings (SSSR count). The van der Waals surface area contributed by atoms with Gasteiger partial charge >= 0.3 is 5.97 Å². The first-order chi connectivity index (χ1) is 21.8. The fraction of sp³-hybridized carbons (Fsp3) is 0.526. The van der Waals surface area contributed by atoms with Gasteiger partial charge in [0.1, 0.15) is 11.6 Å². The van der Waals surface area contributed by atoms with E-state index in [0.717, 1.165) is 90.6 Å². The maximum absolute atomic E-state index is 13.8. The van der Waals surface area contributed by atoms with Crippen LogP contribution in [0.3, 0.4) is 0 Å². The van der Waals surface area contributed by atoms with Crippen LogP contribution >= 0.6 is 0 Å². The van der Waals surface area contributed by atoms with Crippen molar-refractivity contribution >= 4 is 11.7 Å². The highest BCUT2D eigenvalue weighted by Crippen LogP contribution is 2.47. The maximum atomic E-state index is 13.8. The summed E-state index contributed by atoms with van der Waals surface area (Å²) >= 11 is 0. The predicted molar refractivity (Wildman–Crippen MR) is 179 cm³/mol. The van der Waals surface area contributed by atoms with Gasteiger partial charge in [-0.05, 0) is 109 Å². The van der Waals surface area contributed by atoms with E-state index in [0.29, 0.717) is 13.0 Å². The average molecular weight is 633 g/mol. The molecule has 0 amide bonds. The van der Waals surface area contributed by atoms with Crippen LogP contribution in [-0.2, 0) is 25.4 Å². The van der Waals surface area contributed by atoms with Crippen molar-refractivity contribution in [1.29, 1.82) is 0 Å². The summed E-state index contributed by atoms with van der Waals surface area (Å²) in [6.07, 6.45) is 2.59. The first kappa shape index (κ1) is 33.9. The van der Waals surface area contributed by atoms with Crippen LogP contribution in [0.1, 0.15) is 82.5 Å². The molecule has 2 aliphatic heterocycles. The van der Waals surface area contributed by atoms with Crippen molar-refractivity contribution in [2.75, 3.05) is 37.8 Å². The van der Waals surface area contributed by atoms with E-state index in [1.165, 1.54) is 12.1 Å². The van der Waals surface area contributed by atoms with Crippen molar-refractivity contribution in [1.82, 2.24) is 4.98 Å². The molecular formula is C38H49FN2O5. The van der Waals surface area contributed by atoms with Gasteiger partial charge in [-0.2, -0.15) is 0 Å². The third-order valence-corrected chi connectivity index (χ3v) is 8.92. The fourth-order valence-corrected chi connectivity index (χ4v) is 6.61. The molecule has 2 saturated heterocycles. The van der Waals surface area contributed by atoms with Gasteiger partial charge in [-0.15, -0.1) is 0 Å². The van der Waals surface area contributed by atoms with Crippen LogP contribution in [0, 0.1) is 25.1 Å². The Hall–Kier alpha value is -3.49. The number of carbonyl (C=O) groups is 1. The Balaban J connectivity index is 1.52. The number of carbonyl (C=O) groups excluding carboxylic acids is 1. The maximum Gasteiger partial charge on any atom is 0.340 e. The molecule has 3 aromatic rings. The van der Waals surface area contributed by atoms with Gasteiger partial charge in [0, 0.05) is 48.6 Å². The van der Waals surface area contributed by atoms with Crippen LogP contribution < -0.4 is 9.64 Å². The minimum absolute atomic E-state index is 0.221. The molecule has 0 radical (unpaired) electrons. The van der Waals surface area contributed by atoms with Crippen molar-refractivity contribution in [3.05, 3.63) is 76.9 Å². The molecular weight excluding hydrogens is 583 g/mol. The highest BCUT2D eigenvalue weighted by molar-refractivity contribution is 5.88. The fourth-order valence-electron chi connectivity index (χ4n) is 6.61. The molecule has 2 aromatic carbocycles. The van der Waals surface area contributed by atoms with Crippen LogP contribution in [0.25, 0.3) is 11.1 Å². The van der Waals surface area contributed by atoms with Gasteiger partial charge in [-0.25, -0.2) is 9.18 Å². The zero-order valence-electron chi connectivity index (χ0n) is 28.5. The highest BCUT2D eigenvalue weighted by Gasteiger charge is 2.41. The number of halogens is 1. The number of hydrogen-bond acceptors (Lipinski definition) is 7. The zero-order valence-corrected chi connectivity index (χ0v) is 28.5. The number of aromatic nitrogens is 1. The standard InChI is InChI=1S/C38H49FN2O5/c1-25(2)45-36(42)35(46-37(5,6)7)33-27(4)40-26(3)32(34(33)41-20-17-38(18-21-41)19-23-43-24-38)29-10-14-31(15-11-29)44-22-16-28-8-12-30(39)13-9-28/h8-15,25,35H,16-24H2,1-7H3. The third-order valence-electron chi connectivity index (χ3n) is 8.92. The number of pyridine rings is 1. The lowest BCUT2D eigenvalue weighted by molar-refractivity contribution is -0.171. The summed E-state index contributed by atoms with van der Waals surface area (Å²) in [6.45, 7) is 17.4. The first-order valence-electron chi connectivity index (χ1n) is 16.5. The number of rotatable bonds is 10. The van der Waals surface area contributed by atoms with E-state index >= 15 is 0 Å². The Morgan fingerprint density at radius 3 is 2.26 bits per heavy atom. The van der Waals surface area contributed by atoms with Gasteiger partial charge in [0.15, 0.2) is 6.10 Å². The Kier molecular flexibility index (Phi) is 10.4. The van der Waals surface area contributed by atoms with E-state index in [-0.39, 0.29) is 17.3 Å². The van der Waals surface area contributed by atoms with Crippen LogP contribution in [-0.4, -0.2) is 55.6 Å². The third kappa shape index (κ3) is 8.07. The van der Waals surface area contributed by atoms with Crippen molar-refractivity contribution in [3.8, 4) is 16.9 Å². The second kappa shape index (κ2) is 14.1. The molecule has 1 atom stereocenters. The van der Waals surface area contributed by atoms with Crippen LogP contribution in [0.2, 0.25) is 0 Å². The SMILES string of the molecule is Cc1nc(C)c(C(OC(C)(C)C)C(=O)OC(C)C)c(N2CCC3(CCOC3)CC2)c1-c1ccc(OCCc2ccc(F)cc2)cc1. The molecule has 248 valence electrons. The predicted octanol–water partition coefficient (Wildman–Crippen LogP) is 7.94. The van der Waals surface area contributed by atoms with Crippen LogP contribution in [0.4, 0.5) is 10.1 Å². The second-order valence-electron chi connectivity index (χ2n) is 14.1. The molecule has 8 heteroatoms. The summed E-state index contributed by atoms with van der Waals surface area (Å²) < 4.78 is 37.5. The number of benzene rings is 2. The Morgan fingerprint density at radius 1 is 1.00 bits per heavy atom. The second-order valence-corrected chi connectivity index (χ2v) is 14.1. The van der Waals surface area contributed by atoms with E-state index in [4.69, 9.17) is 23.9 Å². The van der Waals surface area contributed by atoms with Crippen molar-refractivity contribution in [2.45, 2.75) is 92.0 Å². The van der Waals surface area contributed by atoms with Gasteiger partial charge < -0.3 is 23.8 Å². The quantitative estimate of drug-likeness (QED) is 0.210. The topological polar surface area (TPSA) is 70.1 Å². The summed E-state index contributed by atoms with van der Waals surface area (Å²) in [5, 5.41) is 0. The van der Waals surface area contributed by atoms with Crippen molar-refractivity contribution in [3.63, 3.8) is 0 Å². The Labute approximate surface area is 273 Å². The van der Waals surface area contributed by atoms with E-state index in [1.807, 2.05) is 60.6 Å². The Morgan fingerprint density at radius 2 is 1.67 bits per heavy atom. The minimum atomic E-state index is -0.941. The lowest BCUT2D eigenvalue weighted by atomic mass is 9.77. The number of ether oxygens (including phenoxy) is 4. The molecule has 0 aliphatic carbocycles. The number of aryl methyl sites for hydroxylation is 2. The number of esters is 1. The number of hydrogen-bond donors (Lipinski definition) is 0. The van der Waals surface area contributed by atoms with Crippen LogP contribution in [0.15, 0.2) is 48.5 Å². The Bertz CT molecular complexity index is 1480. The van der Waals surface area contributed by atoms with Crippen molar-refractivity contribution < 1.29 is 28.1 Å². The molecule has 1 unspecified atom stereocenters. The van der Waals surface area contributed by atoms with E-state index in [9.17, 15) is 9.18 Å². The van der Waals surface area contributed by atoms with Gasteiger partial charge in [-0.1, -0.05) is 24.3 Å². The van der Waals surface area contributed by atoms with Gasteiger partial charge in [0.25, 0.3) is 0 Å². The molecule has 0 bridgehead atoms. The highest BCUT2D eigenvalue weighted by atomic mass is 19.1. The summed E-state index contributed by atoms with van der Waals surface area (Å²) in [5.41, 5.74) is 6.01. The van der Waals surface area contributed by atoms with E-state index in [2.05, 4.69) is 17.0 Å². The lowest BCUT2D eigenvalue weighted by Crippen LogP contribution is -2.42. The summed E-state index contributed by atoms with van der Waals surface area (Å²) in [4.78, 5) is 21.2. The lowest BCUT2D eigenvalue weighted by Gasteiger charge is -2.42. The molecule has 1 aromatic heterocycles. The minimum Gasteiger partial charge on any atom is -0.493 e. The average Bonchev–Trinajstić information content (AvgIpc) is 3.45. The van der Waals surface area contributed by atoms with E-state index < -0.39 is 17.7 Å². The largest absolute Gasteiger partial charge is 0.493 e. The smallest absolute Gasteiger partial charge is 0.340 e. The molecule has 0 N–H and O–H groups in total. The summed E-state index contributed by atoms with van der Waals surface area (Å²) in [6, 6.07) is 14.6. The number of anilines is 1. The van der Waals surface area contributed by atoms with Gasteiger partial charge in [-0.3, -0.25) is 4.98 Å². The normalized spacial score (nSPS) is 17.0. The molecule has 1 spiro atoms. The van der Waals surface area contributed by atoms with Gasteiger partial charge in [0.2, 0.25) is 0 Å². The summed E-state index contributed by atoms with van der Waals surface area (Å²) in [5.74, 6) is 0.0998. The van der Waals surface area contributed by atoms with E-state index in [1.54, 1.807) is 12.1 Å². The van der Waals surface area contributed by atoms with Crippen LogP contribution in [0.5, 0.6) is 5.75 Å². The number of nitrogens with zero attached hydrogens (tertiary/aromatic N) is 2. The molecule has 7 nitrogen and oxygen atoms in total. The molecule has 2 aliphatic rings.